The molecule has 1 saturated carbocycles. The van der Waals surface area contributed by atoms with Crippen molar-refractivity contribution in [2.24, 2.45) is 5.92 Å². The van der Waals surface area contributed by atoms with Crippen molar-refractivity contribution in [1.29, 1.82) is 0 Å². The van der Waals surface area contributed by atoms with Gasteiger partial charge in [-0.25, -0.2) is 0 Å². The van der Waals surface area contributed by atoms with E-state index in [9.17, 15) is 4.79 Å². The summed E-state index contributed by atoms with van der Waals surface area (Å²) in [6.07, 6.45) is 8.81. The van der Waals surface area contributed by atoms with E-state index in [1.165, 1.54) is 62.7 Å². The molecule has 4 heteroatoms. The minimum absolute atomic E-state index is 0.0264. The standard InChI is InChI=1S/C26H34N2O2/c29-26(24-11-13-25(14-12-24)30-20-23-9-10-23)27-16-15-21-5-7-22(8-6-21)19-28-17-3-1-2-4-18-28/h5-8,11-14,23H,1-4,9-10,15-20H2,(H,27,29). The molecule has 1 aliphatic carbocycles. The summed E-state index contributed by atoms with van der Waals surface area (Å²) in [6.45, 7) is 4.94. The third kappa shape index (κ3) is 6.60. The van der Waals surface area contributed by atoms with Crippen LogP contribution in [-0.4, -0.2) is 37.0 Å². The molecule has 2 fully saturated rings. The van der Waals surface area contributed by atoms with Crippen LogP contribution in [0.15, 0.2) is 48.5 Å². The summed E-state index contributed by atoms with van der Waals surface area (Å²) in [5, 5.41) is 3.03. The molecule has 1 aliphatic heterocycles. The molecule has 4 rings (SSSR count). The first-order chi connectivity index (χ1) is 14.8. The Labute approximate surface area is 180 Å². The number of nitrogens with one attached hydrogen (secondary N) is 1. The average Bonchev–Trinajstić information content (AvgIpc) is 3.62. The smallest absolute Gasteiger partial charge is 0.251 e. The van der Waals surface area contributed by atoms with Crippen LogP contribution in [0.1, 0.15) is 60.0 Å². The zero-order valence-electron chi connectivity index (χ0n) is 17.9. The fourth-order valence-electron chi connectivity index (χ4n) is 3.99. The topological polar surface area (TPSA) is 41.6 Å². The van der Waals surface area contributed by atoms with Gasteiger partial charge in [-0.3, -0.25) is 9.69 Å². The Balaban J connectivity index is 1.18. The van der Waals surface area contributed by atoms with Crippen molar-refractivity contribution in [2.75, 3.05) is 26.2 Å². The van der Waals surface area contributed by atoms with Gasteiger partial charge in [0.05, 0.1) is 6.61 Å². The largest absolute Gasteiger partial charge is 0.493 e. The molecule has 0 bridgehead atoms. The maximum absolute atomic E-state index is 12.4. The van der Waals surface area contributed by atoms with E-state index in [0.717, 1.165) is 31.2 Å². The van der Waals surface area contributed by atoms with E-state index in [1.807, 2.05) is 24.3 Å². The molecule has 1 heterocycles. The number of rotatable bonds is 9. The zero-order chi connectivity index (χ0) is 20.6. The highest BCUT2D eigenvalue weighted by Gasteiger charge is 2.21. The molecular weight excluding hydrogens is 372 g/mol. The predicted octanol–water partition coefficient (Wildman–Crippen LogP) is 4.82. The van der Waals surface area contributed by atoms with Gasteiger partial charge < -0.3 is 10.1 Å². The lowest BCUT2D eigenvalue weighted by Crippen LogP contribution is -2.25. The molecule has 4 nitrogen and oxygen atoms in total. The molecule has 1 saturated heterocycles. The fourth-order valence-corrected chi connectivity index (χ4v) is 3.99. The maximum Gasteiger partial charge on any atom is 0.251 e. The molecule has 160 valence electrons. The average molecular weight is 407 g/mol. The fraction of sp³-hybridized carbons (Fsp3) is 0.500. The first-order valence-corrected chi connectivity index (χ1v) is 11.6. The van der Waals surface area contributed by atoms with Crippen molar-refractivity contribution >= 4 is 5.91 Å². The molecule has 2 aromatic carbocycles. The van der Waals surface area contributed by atoms with Crippen molar-refractivity contribution < 1.29 is 9.53 Å². The second-order valence-electron chi connectivity index (χ2n) is 8.79. The van der Waals surface area contributed by atoms with Crippen molar-refractivity contribution in [3.05, 3.63) is 65.2 Å². The minimum atomic E-state index is -0.0264. The van der Waals surface area contributed by atoms with Crippen LogP contribution in [0.25, 0.3) is 0 Å². The molecule has 0 radical (unpaired) electrons. The highest BCUT2D eigenvalue weighted by Crippen LogP contribution is 2.29. The Morgan fingerprint density at radius 1 is 0.900 bits per heavy atom. The molecular formula is C26H34N2O2. The Morgan fingerprint density at radius 2 is 1.57 bits per heavy atom. The van der Waals surface area contributed by atoms with Crippen LogP contribution in [0.4, 0.5) is 0 Å². The van der Waals surface area contributed by atoms with E-state index >= 15 is 0 Å². The number of likely N-dealkylation sites (tertiary alicyclic amines) is 1. The van der Waals surface area contributed by atoms with Crippen LogP contribution in [-0.2, 0) is 13.0 Å². The molecule has 30 heavy (non-hydrogen) atoms. The zero-order valence-corrected chi connectivity index (χ0v) is 17.9. The van der Waals surface area contributed by atoms with Crippen molar-refractivity contribution in [1.82, 2.24) is 10.2 Å². The summed E-state index contributed by atoms with van der Waals surface area (Å²) < 4.78 is 5.73. The van der Waals surface area contributed by atoms with Gasteiger partial charge >= 0.3 is 0 Å². The maximum atomic E-state index is 12.4. The first kappa shape index (κ1) is 20.9. The third-order valence-corrected chi connectivity index (χ3v) is 6.13. The SMILES string of the molecule is O=C(NCCc1ccc(CN2CCCCCC2)cc1)c1ccc(OCC2CC2)cc1. The number of ether oxygens (including phenoxy) is 1. The summed E-state index contributed by atoms with van der Waals surface area (Å²) in [4.78, 5) is 14.9. The first-order valence-electron chi connectivity index (χ1n) is 11.6. The van der Waals surface area contributed by atoms with E-state index in [4.69, 9.17) is 4.74 Å². The molecule has 0 atom stereocenters. The summed E-state index contributed by atoms with van der Waals surface area (Å²) in [7, 11) is 0. The highest BCUT2D eigenvalue weighted by atomic mass is 16.5. The van der Waals surface area contributed by atoms with Crippen molar-refractivity contribution in [3.63, 3.8) is 0 Å². The number of hydrogen-bond donors (Lipinski definition) is 1. The van der Waals surface area contributed by atoms with Gasteiger partial charge in [-0.2, -0.15) is 0 Å². The molecule has 0 unspecified atom stereocenters. The molecule has 2 aromatic rings. The number of carbonyl (C=O) groups excluding carboxylic acids is 1. The lowest BCUT2D eigenvalue weighted by molar-refractivity contribution is 0.0954. The molecule has 0 aromatic heterocycles. The van der Waals surface area contributed by atoms with Gasteiger partial charge in [0.25, 0.3) is 5.91 Å². The summed E-state index contributed by atoms with van der Waals surface area (Å²) >= 11 is 0. The van der Waals surface area contributed by atoms with Gasteiger partial charge in [-0.1, -0.05) is 37.1 Å². The lowest BCUT2D eigenvalue weighted by Gasteiger charge is -2.19. The van der Waals surface area contributed by atoms with Crippen LogP contribution in [0.5, 0.6) is 5.75 Å². The third-order valence-electron chi connectivity index (χ3n) is 6.13. The lowest BCUT2D eigenvalue weighted by atomic mass is 10.1. The number of amides is 1. The van der Waals surface area contributed by atoms with Crippen LogP contribution < -0.4 is 10.1 Å². The Hall–Kier alpha value is -2.33. The van der Waals surface area contributed by atoms with Gasteiger partial charge in [-0.15, -0.1) is 0 Å². The Morgan fingerprint density at radius 3 is 2.23 bits per heavy atom. The van der Waals surface area contributed by atoms with Crippen molar-refractivity contribution in [3.8, 4) is 5.75 Å². The Kier molecular flexibility index (Phi) is 7.41. The molecule has 1 N–H and O–H groups in total. The Bertz CT molecular complexity index is 789. The second kappa shape index (κ2) is 10.6. The summed E-state index contributed by atoms with van der Waals surface area (Å²) in [6, 6.07) is 16.3. The quantitative estimate of drug-likeness (QED) is 0.649. The normalized spacial score (nSPS) is 17.3. The van der Waals surface area contributed by atoms with E-state index in [1.54, 1.807) is 0 Å². The number of hydrogen-bond acceptors (Lipinski definition) is 3. The predicted molar refractivity (Wildman–Crippen MR) is 121 cm³/mol. The molecule has 1 amide bonds. The van der Waals surface area contributed by atoms with Crippen LogP contribution in [0, 0.1) is 5.92 Å². The summed E-state index contributed by atoms with van der Waals surface area (Å²) in [5.41, 5.74) is 3.33. The molecule has 0 spiro atoms. The number of nitrogens with zero attached hydrogens (tertiary/aromatic N) is 1. The van der Waals surface area contributed by atoms with E-state index in [-0.39, 0.29) is 5.91 Å². The van der Waals surface area contributed by atoms with Gasteiger partial charge in [0.1, 0.15) is 5.75 Å². The monoisotopic (exact) mass is 406 g/mol. The van der Waals surface area contributed by atoms with Crippen LogP contribution in [0.2, 0.25) is 0 Å². The van der Waals surface area contributed by atoms with Gasteiger partial charge in [0.15, 0.2) is 0 Å². The van der Waals surface area contributed by atoms with Gasteiger partial charge in [0, 0.05) is 18.7 Å². The van der Waals surface area contributed by atoms with E-state index < -0.39 is 0 Å². The van der Waals surface area contributed by atoms with Crippen molar-refractivity contribution in [2.45, 2.75) is 51.5 Å². The number of carbonyl (C=O) groups is 1. The van der Waals surface area contributed by atoms with Gasteiger partial charge in [0.2, 0.25) is 0 Å². The molecule has 2 aliphatic rings. The van der Waals surface area contributed by atoms with E-state index in [2.05, 4.69) is 34.5 Å². The highest BCUT2D eigenvalue weighted by molar-refractivity contribution is 5.94. The van der Waals surface area contributed by atoms with Gasteiger partial charge in [-0.05, 0) is 86.5 Å². The second-order valence-corrected chi connectivity index (χ2v) is 8.79. The summed E-state index contributed by atoms with van der Waals surface area (Å²) in [5.74, 6) is 1.55. The minimum Gasteiger partial charge on any atom is -0.493 e. The van der Waals surface area contributed by atoms with Crippen LogP contribution in [0.3, 0.4) is 0 Å². The van der Waals surface area contributed by atoms with Crippen LogP contribution >= 0.6 is 0 Å². The number of benzene rings is 2. The van der Waals surface area contributed by atoms with E-state index in [0.29, 0.717) is 12.1 Å².